The number of ether oxygens (including phenoxy) is 1. The number of aryl methyl sites for hydroxylation is 1. The molecule has 2 fully saturated rings. The van der Waals surface area contributed by atoms with Gasteiger partial charge in [0.25, 0.3) is 0 Å². The maximum Gasteiger partial charge on any atom is 0.242 e. The molecule has 204 valence electrons. The quantitative estimate of drug-likeness (QED) is 0.452. The van der Waals surface area contributed by atoms with Gasteiger partial charge >= 0.3 is 0 Å². The zero-order chi connectivity index (χ0) is 27.2. The lowest BCUT2D eigenvalue weighted by Crippen LogP contribution is -2.44. The normalized spacial score (nSPS) is 17.6. The van der Waals surface area contributed by atoms with Crippen LogP contribution in [0.15, 0.2) is 71.8 Å². The van der Waals surface area contributed by atoms with Crippen LogP contribution in [0.2, 0.25) is 0 Å². The molecule has 5 rings (SSSR count). The Morgan fingerprint density at radius 3 is 2.41 bits per heavy atom. The third kappa shape index (κ3) is 7.15. The number of nitrogens with one attached hydrogen (secondary N) is 1. The van der Waals surface area contributed by atoms with Crippen LogP contribution in [0, 0.1) is 18.3 Å². The van der Waals surface area contributed by atoms with Crippen LogP contribution in [0.5, 0.6) is 5.88 Å². The van der Waals surface area contributed by atoms with E-state index in [0.717, 1.165) is 64.0 Å². The Balaban J connectivity index is 1.08. The molecular formula is C30H35N5O3S. The number of benzene rings is 2. The summed E-state index contributed by atoms with van der Waals surface area (Å²) in [5.74, 6) is 0.455. The Bertz CT molecular complexity index is 1390. The van der Waals surface area contributed by atoms with Gasteiger partial charge in [0.1, 0.15) is 11.0 Å². The molecule has 0 aliphatic carbocycles. The van der Waals surface area contributed by atoms with Crippen molar-refractivity contribution in [3.8, 4) is 11.9 Å². The molecule has 0 atom stereocenters. The van der Waals surface area contributed by atoms with Crippen LogP contribution in [0.4, 0.5) is 5.69 Å². The molecule has 9 heteroatoms. The second-order valence-electron chi connectivity index (χ2n) is 10.5. The molecule has 8 nitrogen and oxygen atoms in total. The molecule has 2 aliphatic heterocycles. The summed E-state index contributed by atoms with van der Waals surface area (Å²) in [4.78, 5) is 9.12. The fourth-order valence-corrected chi connectivity index (χ4v) is 6.50. The Morgan fingerprint density at radius 2 is 1.74 bits per heavy atom. The molecule has 0 radical (unpaired) electrons. The van der Waals surface area contributed by atoms with E-state index in [0.29, 0.717) is 11.4 Å². The highest BCUT2D eigenvalue weighted by atomic mass is 32.2. The van der Waals surface area contributed by atoms with Gasteiger partial charge in [-0.1, -0.05) is 29.8 Å². The monoisotopic (exact) mass is 545 g/mol. The summed E-state index contributed by atoms with van der Waals surface area (Å²) in [6, 6.07) is 21.5. The van der Waals surface area contributed by atoms with Crippen LogP contribution in [0.1, 0.15) is 42.4 Å². The molecule has 3 aromatic rings. The van der Waals surface area contributed by atoms with Crippen molar-refractivity contribution in [3.05, 3.63) is 83.6 Å². The number of nitrogens with zero attached hydrogens (tertiary/aromatic N) is 4. The fraction of sp³-hybridized carbons (Fsp3) is 0.400. The maximum atomic E-state index is 13.0. The van der Waals surface area contributed by atoms with Crippen LogP contribution in [0.25, 0.3) is 0 Å². The first-order chi connectivity index (χ1) is 18.9. The summed E-state index contributed by atoms with van der Waals surface area (Å²) in [7, 11) is -3.67. The first-order valence-corrected chi connectivity index (χ1v) is 15.0. The number of pyridine rings is 1. The summed E-state index contributed by atoms with van der Waals surface area (Å²) < 4.78 is 34.9. The van der Waals surface area contributed by atoms with Crippen molar-refractivity contribution < 1.29 is 13.2 Å². The topological polar surface area (TPSA) is 98.6 Å². The summed E-state index contributed by atoms with van der Waals surface area (Å²) in [5.41, 5.74) is 4.24. The summed E-state index contributed by atoms with van der Waals surface area (Å²) >= 11 is 0. The third-order valence-electron chi connectivity index (χ3n) is 7.52. The lowest BCUT2D eigenvalue weighted by atomic mass is 10.0. The van der Waals surface area contributed by atoms with Crippen molar-refractivity contribution in [1.29, 1.82) is 5.26 Å². The van der Waals surface area contributed by atoms with E-state index < -0.39 is 10.0 Å². The Morgan fingerprint density at radius 1 is 1.00 bits per heavy atom. The number of nitriles is 1. The SMILES string of the molecule is Cc1ccc(N2CCC(Oc3ccc(S(=O)(=O)NC4CCN(Cc5cccc(C#N)c5)CC4)cn3)CC2)cc1. The number of sulfonamides is 1. The van der Waals surface area contributed by atoms with Crippen molar-refractivity contribution >= 4 is 15.7 Å². The van der Waals surface area contributed by atoms with Crippen LogP contribution < -0.4 is 14.4 Å². The highest BCUT2D eigenvalue weighted by Crippen LogP contribution is 2.24. The second kappa shape index (κ2) is 12.2. The van der Waals surface area contributed by atoms with Gasteiger partial charge in [-0.15, -0.1) is 0 Å². The van der Waals surface area contributed by atoms with E-state index in [1.807, 2.05) is 18.2 Å². The number of hydrogen-bond acceptors (Lipinski definition) is 7. The van der Waals surface area contributed by atoms with E-state index in [2.05, 4.69) is 56.8 Å². The molecule has 1 aromatic heterocycles. The zero-order valence-corrected chi connectivity index (χ0v) is 23.1. The van der Waals surface area contributed by atoms with Gasteiger partial charge in [-0.25, -0.2) is 18.1 Å². The van der Waals surface area contributed by atoms with E-state index in [1.54, 1.807) is 18.2 Å². The smallest absolute Gasteiger partial charge is 0.242 e. The number of hydrogen-bond donors (Lipinski definition) is 1. The van der Waals surface area contributed by atoms with Gasteiger partial charge in [0.2, 0.25) is 15.9 Å². The molecule has 2 saturated heterocycles. The highest BCUT2D eigenvalue weighted by molar-refractivity contribution is 7.89. The standard InChI is InChI=1S/C30H35N5O3S/c1-23-5-7-27(8-6-23)35-17-13-28(14-18-35)38-30-10-9-29(21-32-30)39(36,37)33-26-11-15-34(16-12-26)22-25-4-2-3-24(19-25)20-31/h2-10,19,21,26,28,33H,11-18,22H2,1H3. The largest absolute Gasteiger partial charge is 0.474 e. The minimum atomic E-state index is -3.67. The molecule has 1 N–H and O–H groups in total. The first kappa shape index (κ1) is 27.1. The van der Waals surface area contributed by atoms with Crippen molar-refractivity contribution in [3.63, 3.8) is 0 Å². The molecular weight excluding hydrogens is 510 g/mol. The number of piperidine rings is 2. The van der Waals surface area contributed by atoms with E-state index in [1.165, 1.54) is 17.4 Å². The Kier molecular flexibility index (Phi) is 8.46. The van der Waals surface area contributed by atoms with Crippen LogP contribution >= 0.6 is 0 Å². The zero-order valence-electron chi connectivity index (χ0n) is 22.3. The van der Waals surface area contributed by atoms with Gasteiger partial charge in [-0.3, -0.25) is 4.90 Å². The van der Waals surface area contributed by atoms with Gasteiger partial charge in [0.15, 0.2) is 0 Å². The van der Waals surface area contributed by atoms with E-state index >= 15 is 0 Å². The van der Waals surface area contributed by atoms with Crippen molar-refractivity contribution in [1.82, 2.24) is 14.6 Å². The highest BCUT2D eigenvalue weighted by Gasteiger charge is 2.26. The van der Waals surface area contributed by atoms with Crippen molar-refractivity contribution in [2.75, 3.05) is 31.1 Å². The van der Waals surface area contributed by atoms with Gasteiger partial charge in [-0.2, -0.15) is 5.26 Å². The van der Waals surface area contributed by atoms with Crippen molar-refractivity contribution in [2.24, 2.45) is 0 Å². The van der Waals surface area contributed by atoms with Gasteiger partial charge in [0.05, 0.1) is 17.8 Å². The number of aromatic nitrogens is 1. The molecule has 2 aromatic carbocycles. The molecule has 0 bridgehead atoms. The molecule has 39 heavy (non-hydrogen) atoms. The predicted octanol–water partition coefficient (Wildman–Crippen LogP) is 4.25. The van der Waals surface area contributed by atoms with Gasteiger partial charge in [-0.05, 0) is 55.7 Å². The second-order valence-corrected chi connectivity index (χ2v) is 12.2. The Hall–Kier alpha value is -3.45. The fourth-order valence-electron chi connectivity index (χ4n) is 5.25. The summed E-state index contributed by atoms with van der Waals surface area (Å²) in [6.07, 6.45) is 4.68. The average molecular weight is 546 g/mol. The predicted molar refractivity (Wildman–Crippen MR) is 151 cm³/mol. The van der Waals surface area contributed by atoms with E-state index in [4.69, 9.17) is 10.00 Å². The molecule has 0 unspecified atom stereocenters. The molecule has 2 aliphatic rings. The van der Waals surface area contributed by atoms with Gasteiger partial charge < -0.3 is 9.64 Å². The first-order valence-electron chi connectivity index (χ1n) is 13.6. The van der Waals surface area contributed by atoms with E-state index in [-0.39, 0.29) is 17.0 Å². The lowest BCUT2D eigenvalue weighted by Gasteiger charge is -2.33. The third-order valence-corrected chi connectivity index (χ3v) is 9.03. The minimum absolute atomic E-state index is 0.0624. The summed E-state index contributed by atoms with van der Waals surface area (Å²) in [5, 5.41) is 9.10. The maximum absolute atomic E-state index is 13.0. The lowest BCUT2D eigenvalue weighted by molar-refractivity contribution is 0.164. The van der Waals surface area contributed by atoms with Crippen LogP contribution in [0.3, 0.4) is 0 Å². The van der Waals surface area contributed by atoms with Crippen molar-refractivity contribution in [2.45, 2.75) is 56.2 Å². The average Bonchev–Trinajstić information content (AvgIpc) is 2.95. The van der Waals surface area contributed by atoms with E-state index in [9.17, 15) is 8.42 Å². The number of rotatable bonds is 8. The molecule has 0 amide bonds. The van der Waals surface area contributed by atoms with Crippen LogP contribution in [-0.4, -0.2) is 56.6 Å². The molecule has 3 heterocycles. The van der Waals surface area contributed by atoms with Gasteiger partial charge in [0, 0.05) is 63.4 Å². The minimum Gasteiger partial charge on any atom is -0.474 e. The number of likely N-dealkylation sites (tertiary alicyclic amines) is 1. The number of anilines is 1. The molecule has 0 spiro atoms. The summed E-state index contributed by atoms with van der Waals surface area (Å²) in [6.45, 7) is 6.25. The Labute approximate surface area is 231 Å². The molecule has 0 saturated carbocycles. The van der Waals surface area contributed by atoms with Crippen LogP contribution in [-0.2, 0) is 16.6 Å².